The van der Waals surface area contributed by atoms with E-state index in [2.05, 4.69) is 4.99 Å². The first kappa shape index (κ1) is 15.3. The van der Waals surface area contributed by atoms with Crippen molar-refractivity contribution in [3.63, 3.8) is 0 Å². The van der Waals surface area contributed by atoms with E-state index >= 15 is 0 Å². The molecule has 2 aromatic carbocycles. The molecule has 3 nitrogen and oxygen atoms in total. The van der Waals surface area contributed by atoms with Crippen molar-refractivity contribution in [1.82, 2.24) is 0 Å². The zero-order chi connectivity index (χ0) is 16.2. The summed E-state index contributed by atoms with van der Waals surface area (Å²) in [6.07, 6.45) is 3.68. The molecule has 0 aliphatic carbocycles. The molecule has 0 fully saturated rings. The number of benzene rings is 2. The summed E-state index contributed by atoms with van der Waals surface area (Å²) < 4.78 is 5.22. The number of allylic oxidation sites excluding steroid dienone is 2. The van der Waals surface area contributed by atoms with Crippen molar-refractivity contribution in [3.8, 4) is 0 Å². The van der Waals surface area contributed by atoms with Crippen LogP contribution in [0.2, 0.25) is 5.02 Å². The number of nitrogens with zero attached hydrogens (tertiary/aromatic N) is 1. The summed E-state index contributed by atoms with van der Waals surface area (Å²) in [4.78, 5) is 16.2. The van der Waals surface area contributed by atoms with E-state index in [1.54, 1.807) is 18.2 Å². The molecule has 0 atom stereocenters. The van der Waals surface area contributed by atoms with E-state index in [9.17, 15) is 4.79 Å². The Morgan fingerprint density at radius 3 is 2.52 bits per heavy atom. The number of cyclic esters (lactones) is 1. The van der Waals surface area contributed by atoms with Gasteiger partial charge < -0.3 is 4.74 Å². The minimum atomic E-state index is -0.472. The Balaban J connectivity index is 1.89. The maximum Gasteiger partial charge on any atom is 0.363 e. The number of hydrogen-bond acceptors (Lipinski definition) is 3. The predicted molar refractivity (Wildman–Crippen MR) is 92.3 cm³/mol. The van der Waals surface area contributed by atoms with Gasteiger partial charge in [0.05, 0.1) is 10.6 Å². The highest BCUT2D eigenvalue weighted by molar-refractivity contribution is 6.34. The molecule has 0 aromatic heterocycles. The fraction of sp³-hybridized carbons (Fsp3) is 0.0526. The molecular formula is C19H14ClNO2. The van der Waals surface area contributed by atoms with Crippen LogP contribution in [0.1, 0.15) is 18.1 Å². The van der Waals surface area contributed by atoms with Gasteiger partial charge in [-0.2, -0.15) is 0 Å². The van der Waals surface area contributed by atoms with Gasteiger partial charge >= 0.3 is 5.97 Å². The van der Waals surface area contributed by atoms with E-state index < -0.39 is 5.97 Å². The number of ether oxygens (including phenoxy) is 1. The number of rotatable bonds is 3. The molecule has 0 amide bonds. The number of halogens is 1. The molecule has 3 rings (SSSR count). The summed E-state index contributed by atoms with van der Waals surface area (Å²) >= 11 is 6.11. The Hall–Kier alpha value is -2.65. The molecule has 0 unspecified atom stereocenters. The van der Waals surface area contributed by atoms with Gasteiger partial charge in [-0.15, -0.1) is 0 Å². The number of aliphatic imine (C=N–C) groups is 1. The van der Waals surface area contributed by atoms with Gasteiger partial charge in [0.1, 0.15) is 0 Å². The molecule has 0 radical (unpaired) electrons. The molecule has 0 bridgehead atoms. The third-order valence-corrected chi connectivity index (χ3v) is 3.61. The summed E-state index contributed by atoms with van der Waals surface area (Å²) in [6, 6.07) is 17.0. The summed E-state index contributed by atoms with van der Waals surface area (Å²) in [5.74, 6) is -0.236. The van der Waals surface area contributed by atoms with Crippen molar-refractivity contribution >= 4 is 29.5 Å². The quantitative estimate of drug-likeness (QED) is 0.610. The standard InChI is InChI=1S/C19H14ClNO2/c1-13(11-14-7-3-2-4-8-14)12-17-19(22)23-18(21-17)15-9-5-6-10-16(15)20/h2-12H,1H3/b13-11?,17-12-. The molecule has 114 valence electrons. The SMILES string of the molecule is CC(=Cc1ccccc1)/C=C1\N=C(c2ccccc2Cl)OC1=O. The molecule has 1 aliphatic rings. The summed E-state index contributed by atoms with van der Waals surface area (Å²) in [6.45, 7) is 1.91. The molecule has 0 spiro atoms. The number of hydrogen-bond donors (Lipinski definition) is 0. The van der Waals surface area contributed by atoms with Crippen LogP contribution in [0.15, 0.2) is 76.9 Å². The lowest BCUT2D eigenvalue weighted by Crippen LogP contribution is -2.05. The second kappa shape index (κ2) is 6.63. The van der Waals surface area contributed by atoms with Gasteiger partial charge in [-0.05, 0) is 36.3 Å². The first-order chi connectivity index (χ1) is 11.1. The lowest BCUT2D eigenvalue weighted by Gasteiger charge is -2.00. The minimum Gasteiger partial charge on any atom is -0.402 e. The average molecular weight is 324 g/mol. The Labute approximate surface area is 139 Å². The van der Waals surface area contributed by atoms with Crippen LogP contribution in [0, 0.1) is 0 Å². The molecule has 0 saturated carbocycles. The molecule has 23 heavy (non-hydrogen) atoms. The van der Waals surface area contributed by atoms with Crippen LogP contribution in [-0.2, 0) is 9.53 Å². The second-order valence-electron chi connectivity index (χ2n) is 5.11. The fourth-order valence-corrected chi connectivity index (χ4v) is 2.45. The van der Waals surface area contributed by atoms with Gasteiger partial charge in [-0.25, -0.2) is 9.79 Å². The Morgan fingerprint density at radius 1 is 1.09 bits per heavy atom. The highest BCUT2D eigenvalue weighted by Gasteiger charge is 2.25. The monoisotopic (exact) mass is 323 g/mol. The highest BCUT2D eigenvalue weighted by Crippen LogP contribution is 2.23. The van der Waals surface area contributed by atoms with Crippen molar-refractivity contribution in [3.05, 3.63) is 88.1 Å². The molecule has 4 heteroatoms. The van der Waals surface area contributed by atoms with E-state index in [0.717, 1.165) is 11.1 Å². The highest BCUT2D eigenvalue weighted by atomic mass is 35.5. The molecule has 2 aromatic rings. The lowest BCUT2D eigenvalue weighted by atomic mass is 10.1. The lowest BCUT2D eigenvalue weighted by molar-refractivity contribution is -0.130. The van der Waals surface area contributed by atoms with Gasteiger partial charge in [0.25, 0.3) is 0 Å². The zero-order valence-electron chi connectivity index (χ0n) is 12.5. The molecule has 1 heterocycles. The summed E-state index contributed by atoms with van der Waals surface area (Å²) in [5, 5.41) is 0.497. The number of esters is 1. The third-order valence-electron chi connectivity index (χ3n) is 3.28. The van der Waals surface area contributed by atoms with Gasteiger partial charge in [-0.3, -0.25) is 0 Å². The van der Waals surface area contributed by atoms with Gasteiger partial charge in [0.2, 0.25) is 5.90 Å². The Morgan fingerprint density at radius 2 is 1.78 bits per heavy atom. The van der Waals surface area contributed by atoms with E-state index in [1.807, 2.05) is 55.5 Å². The number of carbonyl (C=O) groups is 1. The van der Waals surface area contributed by atoms with Gasteiger partial charge in [0.15, 0.2) is 5.70 Å². The smallest absolute Gasteiger partial charge is 0.363 e. The maximum atomic E-state index is 12.0. The van der Waals surface area contributed by atoms with Crippen molar-refractivity contribution in [1.29, 1.82) is 0 Å². The normalized spacial score (nSPS) is 16.4. The van der Waals surface area contributed by atoms with Crippen LogP contribution in [-0.4, -0.2) is 11.9 Å². The Kier molecular flexibility index (Phi) is 4.40. The van der Waals surface area contributed by atoms with Crippen LogP contribution < -0.4 is 0 Å². The zero-order valence-corrected chi connectivity index (χ0v) is 13.2. The third kappa shape index (κ3) is 3.58. The van der Waals surface area contributed by atoms with Crippen LogP contribution >= 0.6 is 11.6 Å². The van der Waals surface area contributed by atoms with Crippen LogP contribution in [0.25, 0.3) is 6.08 Å². The molecule has 0 saturated heterocycles. The second-order valence-corrected chi connectivity index (χ2v) is 5.52. The topological polar surface area (TPSA) is 38.7 Å². The van der Waals surface area contributed by atoms with E-state index in [4.69, 9.17) is 16.3 Å². The summed E-state index contributed by atoms with van der Waals surface area (Å²) in [5.41, 5.74) is 2.84. The van der Waals surface area contributed by atoms with Crippen molar-refractivity contribution < 1.29 is 9.53 Å². The van der Waals surface area contributed by atoms with Gasteiger partial charge in [0, 0.05) is 0 Å². The van der Waals surface area contributed by atoms with Gasteiger partial charge in [-0.1, -0.05) is 60.1 Å². The first-order valence-corrected chi connectivity index (χ1v) is 7.52. The van der Waals surface area contributed by atoms with E-state index in [0.29, 0.717) is 10.6 Å². The molecule has 0 N–H and O–H groups in total. The van der Waals surface area contributed by atoms with E-state index in [1.165, 1.54) is 0 Å². The van der Waals surface area contributed by atoms with Crippen molar-refractivity contribution in [2.45, 2.75) is 6.92 Å². The molecular weight excluding hydrogens is 310 g/mol. The van der Waals surface area contributed by atoms with Crippen molar-refractivity contribution in [2.24, 2.45) is 4.99 Å². The first-order valence-electron chi connectivity index (χ1n) is 7.14. The summed E-state index contributed by atoms with van der Waals surface area (Å²) in [7, 11) is 0. The molecule has 1 aliphatic heterocycles. The average Bonchev–Trinajstić information content (AvgIpc) is 2.89. The maximum absolute atomic E-state index is 12.0. The fourth-order valence-electron chi connectivity index (χ4n) is 2.23. The van der Waals surface area contributed by atoms with Crippen LogP contribution in [0.5, 0.6) is 0 Å². The van der Waals surface area contributed by atoms with E-state index in [-0.39, 0.29) is 11.6 Å². The minimum absolute atomic E-state index is 0.236. The van der Waals surface area contributed by atoms with Crippen LogP contribution in [0.4, 0.5) is 0 Å². The largest absolute Gasteiger partial charge is 0.402 e. The van der Waals surface area contributed by atoms with Crippen LogP contribution in [0.3, 0.4) is 0 Å². The Bertz CT molecular complexity index is 835. The van der Waals surface area contributed by atoms with Crippen molar-refractivity contribution in [2.75, 3.05) is 0 Å². The number of carbonyl (C=O) groups excluding carboxylic acids is 1. The predicted octanol–water partition coefficient (Wildman–Crippen LogP) is 4.63.